The highest BCUT2D eigenvalue weighted by Gasteiger charge is 2.43. The van der Waals surface area contributed by atoms with Crippen LogP contribution in [0.15, 0.2) is 18.2 Å². The molecule has 0 radical (unpaired) electrons. The number of carbonyl (C=O) groups excluding carboxylic acids is 2. The number of carbonyl (C=O) groups is 2. The number of benzene rings is 1. The third kappa shape index (κ3) is 2.38. The molecule has 4 nitrogen and oxygen atoms in total. The normalized spacial score (nSPS) is 18.4. The minimum absolute atomic E-state index is 0.108. The van der Waals surface area contributed by atoms with E-state index in [0.717, 1.165) is 6.07 Å². The van der Waals surface area contributed by atoms with Gasteiger partial charge in [0.25, 0.3) is 5.91 Å². The molecule has 108 valence electrons. The maximum atomic E-state index is 13.8. The third-order valence-corrected chi connectivity index (χ3v) is 3.84. The van der Waals surface area contributed by atoms with E-state index in [-0.39, 0.29) is 16.5 Å². The molecule has 1 aromatic carbocycles. The van der Waals surface area contributed by atoms with Gasteiger partial charge in [-0.1, -0.05) is 11.6 Å². The molecular weight excluding hydrogens is 283 g/mol. The third-order valence-electron chi connectivity index (χ3n) is 3.61. The van der Waals surface area contributed by atoms with Gasteiger partial charge in [-0.25, -0.2) is 4.39 Å². The van der Waals surface area contributed by atoms with Gasteiger partial charge >= 0.3 is 0 Å². The smallest absolute Gasteiger partial charge is 0.257 e. The molecule has 20 heavy (non-hydrogen) atoms. The summed E-state index contributed by atoms with van der Waals surface area (Å²) in [5.41, 5.74) is -1.11. The Morgan fingerprint density at radius 1 is 1.35 bits per heavy atom. The number of nitrogens with zero attached hydrogens (tertiary/aromatic N) is 2. The molecule has 6 heteroatoms. The molecule has 1 fully saturated rings. The Kier molecular flexibility index (Phi) is 3.73. The Labute approximate surface area is 122 Å². The van der Waals surface area contributed by atoms with E-state index >= 15 is 0 Å². The zero-order valence-electron chi connectivity index (χ0n) is 11.6. The van der Waals surface area contributed by atoms with E-state index in [4.69, 9.17) is 11.6 Å². The summed E-state index contributed by atoms with van der Waals surface area (Å²) in [7, 11) is 1.69. The van der Waals surface area contributed by atoms with Crippen LogP contribution in [-0.2, 0) is 4.79 Å². The predicted octanol–water partition coefficient (Wildman–Crippen LogP) is 2.17. The Balaban J connectivity index is 2.38. The van der Waals surface area contributed by atoms with Gasteiger partial charge in [0.15, 0.2) is 0 Å². The van der Waals surface area contributed by atoms with Gasteiger partial charge in [-0.3, -0.25) is 9.59 Å². The molecule has 2 rings (SSSR count). The van der Waals surface area contributed by atoms with Crippen molar-refractivity contribution < 1.29 is 14.0 Å². The summed E-state index contributed by atoms with van der Waals surface area (Å²) in [6, 6.07) is 3.83. The number of halogens is 2. The monoisotopic (exact) mass is 298 g/mol. The Bertz CT molecular complexity index is 574. The molecule has 0 N–H and O–H groups in total. The highest BCUT2D eigenvalue weighted by molar-refractivity contribution is 6.31. The molecule has 1 saturated heterocycles. The molecule has 2 amide bonds. The summed E-state index contributed by atoms with van der Waals surface area (Å²) >= 11 is 5.81. The van der Waals surface area contributed by atoms with Gasteiger partial charge in [-0.2, -0.15) is 0 Å². The molecule has 1 heterocycles. The van der Waals surface area contributed by atoms with Crippen LogP contribution in [0.5, 0.6) is 0 Å². The minimum Gasteiger partial charge on any atom is -0.342 e. The van der Waals surface area contributed by atoms with Crippen LogP contribution in [0.4, 0.5) is 4.39 Å². The molecule has 0 atom stereocenters. The number of rotatable bonds is 1. The molecule has 0 saturated carbocycles. The van der Waals surface area contributed by atoms with E-state index in [1.165, 1.54) is 17.0 Å². The van der Waals surface area contributed by atoms with Crippen molar-refractivity contribution in [1.29, 1.82) is 0 Å². The van der Waals surface area contributed by atoms with Crippen LogP contribution in [0.25, 0.3) is 0 Å². The Morgan fingerprint density at radius 2 is 2.00 bits per heavy atom. The number of likely N-dealkylation sites (N-methyl/N-ethyl adjacent to an activating group) is 1. The lowest BCUT2D eigenvalue weighted by molar-refractivity contribution is -0.144. The predicted molar refractivity (Wildman–Crippen MR) is 74.2 cm³/mol. The van der Waals surface area contributed by atoms with Crippen molar-refractivity contribution in [2.75, 3.05) is 20.1 Å². The maximum absolute atomic E-state index is 13.8. The molecule has 1 aromatic rings. The largest absolute Gasteiger partial charge is 0.342 e. The first kappa shape index (κ1) is 14.8. The van der Waals surface area contributed by atoms with E-state index < -0.39 is 17.3 Å². The van der Waals surface area contributed by atoms with Crippen molar-refractivity contribution >= 4 is 23.4 Å². The summed E-state index contributed by atoms with van der Waals surface area (Å²) in [4.78, 5) is 27.6. The first-order valence-electron chi connectivity index (χ1n) is 6.27. The van der Waals surface area contributed by atoms with Crippen molar-refractivity contribution in [3.63, 3.8) is 0 Å². The average Bonchev–Trinajstić information content (AvgIpc) is 2.38. The summed E-state index contributed by atoms with van der Waals surface area (Å²) in [5.74, 6) is -1.32. The van der Waals surface area contributed by atoms with Crippen LogP contribution >= 0.6 is 11.6 Å². The fourth-order valence-electron chi connectivity index (χ4n) is 2.38. The zero-order valence-corrected chi connectivity index (χ0v) is 12.4. The van der Waals surface area contributed by atoms with Crippen molar-refractivity contribution in [3.8, 4) is 0 Å². The van der Waals surface area contributed by atoms with Crippen LogP contribution in [0, 0.1) is 5.82 Å². The summed E-state index contributed by atoms with van der Waals surface area (Å²) in [6.07, 6.45) is 0. The maximum Gasteiger partial charge on any atom is 0.257 e. The van der Waals surface area contributed by atoms with Crippen LogP contribution in [-0.4, -0.2) is 47.3 Å². The molecule has 0 aromatic heterocycles. The zero-order chi connectivity index (χ0) is 15.1. The fraction of sp³-hybridized carbons (Fsp3) is 0.429. The van der Waals surface area contributed by atoms with E-state index in [2.05, 4.69) is 0 Å². The average molecular weight is 299 g/mol. The van der Waals surface area contributed by atoms with Crippen molar-refractivity contribution in [2.45, 2.75) is 19.4 Å². The SMILES string of the molecule is CN1CCN(C(=O)c2cc(Cl)ccc2F)C(C)(C)C1=O. The molecular formula is C14H16ClFN2O2. The second kappa shape index (κ2) is 5.05. The summed E-state index contributed by atoms with van der Waals surface area (Å²) < 4.78 is 13.8. The van der Waals surface area contributed by atoms with E-state index in [1.54, 1.807) is 25.8 Å². The standard InChI is InChI=1S/C14H16ClFN2O2/c1-14(2)13(20)17(3)6-7-18(14)12(19)10-8-9(15)4-5-11(10)16/h4-5,8H,6-7H2,1-3H3. The van der Waals surface area contributed by atoms with Gasteiger partial charge in [-0.15, -0.1) is 0 Å². The molecule has 1 aliphatic heterocycles. The number of hydrogen-bond donors (Lipinski definition) is 0. The topological polar surface area (TPSA) is 40.6 Å². The molecule has 0 aliphatic carbocycles. The number of hydrogen-bond acceptors (Lipinski definition) is 2. The Morgan fingerprint density at radius 3 is 2.65 bits per heavy atom. The van der Waals surface area contributed by atoms with Gasteiger partial charge < -0.3 is 9.80 Å². The number of amides is 2. The van der Waals surface area contributed by atoms with E-state index in [0.29, 0.717) is 13.1 Å². The molecule has 0 unspecified atom stereocenters. The second-order valence-corrected chi connectivity index (χ2v) is 5.80. The quantitative estimate of drug-likeness (QED) is 0.797. The minimum atomic E-state index is -1.00. The first-order chi connectivity index (χ1) is 9.25. The lowest BCUT2D eigenvalue weighted by Gasteiger charge is -2.44. The van der Waals surface area contributed by atoms with Gasteiger partial charge in [0, 0.05) is 25.2 Å². The van der Waals surface area contributed by atoms with Gasteiger partial charge in [0.1, 0.15) is 11.4 Å². The van der Waals surface area contributed by atoms with Crippen molar-refractivity contribution in [2.24, 2.45) is 0 Å². The Hall–Kier alpha value is -1.62. The lowest BCUT2D eigenvalue weighted by atomic mass is 9.96. The fourth-order valence-corrected chi connectivity index (χ4v) is 2.55. The van der Waals surface area contributed by atoms with Crippen LogP contribution in [0.1, 0.15) is 24.2 Å². The van der Waals surface area contributed by atoms with Crippen LogP contribution in [0.3, 0.4) is 0 Å². The van der Waals surface area contributed by atoms with Crippen molar-refractivity contribution in [3.05, 3.63) is 34.6 Å². The molecule has 0 bridgehead atoms. The van der Waals surface area contributed by atoms with E-state index in [1.807, 2.05) is 0 Å². The van der Waals surface area contributed by atoms with Gasteiger partial charge in [0.2, 0.25) is 5.91 Å². The van der Waals surface area contributed by atoms with Gasteiger partial charge in [-0.05, 0) is 32.0 Å². The first-order valence-corrected chi connectivity index (χ1v) is 6.65. The van der Waals surface area contributed by atoms with E-state index in [9.17, 15) is 14.0 Å². The number of piperazine rings is 1. The van der Waals surface area contributed by atoms with Crippen LogP contribution < -0.4 is 0 Å². The summed E-state index contributed by atoms with van der Waals surface area (Å²) in [6.45, 7) is 4.10. The van der Waals surface area contributed by atoms with Gasteiger partial charge in [0.05, 0.1) is 5.56 Å². The van der Waals surface area contributed by atoms with Crippen LogP contribution in [0.2, 0.25) is 5.02 Å². The highest BCUT2D eigenvalue weighted by Crippen LogP contribution is 2.25. The lowest BCUT2D eigenvalue weighted by Crippen LogP contribution is -2.63. The summed E-state index contributed by atoms with van der Waals surface area (Å²) in [5, 5.41) is 0.285. The van der Waals surface area contributed by atoms with Crippen molar-refractivity contribution in [1.82, 2.24) is 9.80 Å². The highest BCUT2D eigenvalue weighted by atomic mass is 35.5. The second-order valence-electron chi connectivity index (χ2n) is 5.37. The molecule has 0 spiro atoms. The molecule has 1 aliphatic rings.